The fourth-order valence-corrected chi connectivity index (χ4v) is 6.44. The molecule has 42 heavy (non-hydrogen) atoms. The van der Waals surface area contributed by atoms with E-state index >= 15 is 0 Å². The quantitative estimate of drug-likeness (QED) is 0.314. The lowest BCUT2D eigenvalue weighted by Crippen LogP contribution is -2.46. The lowest BCUT2D eigenvalue weighted by Gasteiger charge is -2.41. The molecule has 0 saturated heterocycles. The summed E-state index contributed by atoms with van der Waals surface area (Å²) in [6.45, 7) is 5.61. The van der Waals surface area contributed by atoms with Crippen molar-refractivity contribution in [3.63, 3.8) is 0 Å². The highest BCUT2D eigenvalue weighted by molar-refractivity contribution is 6.31. The fourth-order valence-electron chi connectivity index (χ4n) is 6.00. The zero-order valence-electron chi connectivity index (χ0n) is 24.0. The molecule has 2 aliphatic rings. The van der Waals surface area contributed by atoms with Crippen molar-refractivity contribution in [3.8, 4) is 6.07 Å². The average molecular weight is 592 g/mol. The molecule has 1 aliphatic carbocycles. The highest BCUT2D eigenvalue weighted by atomic mass is 35.5. The molecule has 3 heterocycles. The fraction of sp³-hybridized carbons (Fsp3) is 0.484. The van der Waals surface area contributed by atoms with E-state index in [-0.39, 0.29) is 53.9 Å². The third-order valence-electron chi connectivity index (χ3n) is 8.36. The van der Waals surface area contributed by atoms with Gasteiger partial charge >= 0.3 is 11.9 Å². The molecule has 0 radical (unpaired) electrons. The maximum Gasteiger partial charge on any atom is 0.341 e. The minimum Gasteiger partial charge on any atom is -0.512 e. The van der Waals surface area contributed by atoms with Crippen LogP contribution in [0.4, 0.5) is 0 Å². The topological polar surface area (TPSA) is 140 Å². The number of rotatable bonds is 9. The molecule has 0 bridgehead atoms. The lowest BCUT2D eigenvalue weighted by molar-refractivity contribution is -0.167. The predicted molar refractivity (Wildman–Crippen MR) is 154 cm³/mol. The first kappa shape index (κ1) is 29.5. The molecular formula is C31H34ClN5O5. The zero-order valence-corrected chi connectivity index (χ0v) is 24.8. The Bertz CT molecular complexity index is 1600. The SMILES string of the molecule is CCOC(=O)c1cnc2nc(CC3=C(O)CC(CCc4ccc(C(C)(C)C#N)c(Cl)c4)(C4CCCC4)OC3=O)nn2c1. The summed E-state index contributed by atoms with van der Waals surface area (Å²) < 4.78 is 12.6. The number of aryl methyl sites for hydroxylation is 1. The highest BCUT2D eigenvalue weighted by Crippen LogP contribution is 2.46. The number of hydrogen-bond donors (Lipinski definition) is 1. The Labute approximate surface area is 249 Å². The van der Waals surface area contributed by atoms with Gasteiger partial charge in [0.2, 0.25) is 0 Å². The Balaban J connectivity index is 1.36. The summed E-state index contributed by atoms with van der Waals surface area (Å²) >= 11 is 6.56. The van der Waals surface area contributed by atoms with Crippen molar-refractivity contribution in [1.29, 1.82) is 5.26 Å². The number of nitrogens with zero attached hydrogens (tertiary/aromatic N) is 5. The van der Waals surface area contributed by atoms with Gasteiger partial charge in [-0.2, -0.15) is 10.2 Å². The molecule has 3 aromatic rings. The molecule has 1 aromatic carbocycles. The number of esters is 2. The third-order valence-corrected chi connectivity index (χ3v) is 8.68. The van der Waals surface area contributed by atoms with Crippen molar-refractivity contribution in [1.82, 2.24) is 19.6 Å². The molecule has 1 atom stereocenters. The first-order valence-corrected chi connectivity index (χ1v) is 14.7. The molecule has 11 heteroatoms. The van der Waals surface area contributed by atoms with Gasteiger partial charge in [0.05, 0.1) is 29.2 Å². The summed E-state index contributed by atoms with van der Waals surface area (Å²) in [5.74, 6) is -0.449. The number of ether oxygens (including phenoxy) is 2. The van der Waals surface area contributed by atoms with Crippen LogP contribution in [0.15, 0.2) is 41.9 Å². The second kappa shape index (κ2) is 11.7. The van der Waals surface area contributed by atoms with Crippen LogP contribution in [0.1, 0.15) is 86.6 Å². The molecule has 2 aromatic heterocycles. The summed E-state index contributed by atoms with van der Waals surface area (Å²) in [5.41, 5.74) is 0.552. The second-order valence-corrected chi connectivity index (χ2v) is 12.0. The number of fused-ring (bicyclic) bond motifs is 1. The maximum absolute atomic E-state index is 13.4. The van der Waals surface area contributed by atoms with Crippen LogP contribution in [0.2, 0.25) is 5.02 Å². The van der Waals surface area contributed by atoms with Crippen LogP contribution in [0.3, 0.4) is 0 Å². The summed E-state index contributed by atoms with van der Waals surface area (Å²) in [4.78, 5) is 34.0. The number of cyclic esters (lactones) is 1. The monoisotopic (exact) mass is 591 g/mol. The summed E-state index contributed by atoms with van der Waals surface area (Å²) in [6, 6.07) is 8.01. The summed E-state index contributed by atoms with van der Waals surface area (Å²) in [5, 5.41) is 25.6. The molecule has 1 N–H and O–H groups in total. The first-order valence-electron chi connectivity index (χ1n) is 14.3. The van der Waals surface area contributed by atoms with Gasteiger partial charge in [-0.3, -0.25) is 0 Å². The van der Waals surface area contributed by atoms with Gasteiger partial charge in [-0.15, -0.1) is 5.10 Å². The molecule has 1 aliphatic heterocycles. The van der Waals surface area contributed by atoms with Gasteiger partial charge in [-0.25, -0.2) is 19.1 Å². The molecule has 5 rings (SSSR count). The van der Waals surface area contributed by atoms with Crippen LogP contribution in [0.5, 0.6) is 0 Å². The Morgan fingerprint density at radius 1 is 1.33 bits per heavy atom. The van der Waals surface area contributed by atoms with Crippen LogP contribution >= 0.6 is 11.6 Å². The van der Waals surface area contributed by atoms with E-state index in [1.807, 2.05) is 32.0 Å². The molecule has 1 unspecified atom stereocenters. The molecule has 0 amide bonds. The van der Waals surface area contributed by atoms with Gasteiger partial charge in [0.15, 0.2) is 5.82 Å². The van der Waals surface area contributed by atoms with Crippen molar-refractivity contribution >= 4 is 29.3 Å². The minimum absolute atomic E-state index is 0.0127. The van der Waals surface area contributed by atoms with E-state index in [0.717, 1.165) is 36.8 Å². The molecule has 10 nitrogen and oxygen atoms in total. The van der Waals surface area contributed by atoms with Gasteiger partial charge in [0.25, 0.3) is 5.78 Å². The van der Waals surface area contributed by atoms with E-state index in [4.69, 9.17) is 21.1 Å². The van der Waals surface area contributed by atoms with E-state index in [1.165, 1.54) is 16.9 Å². The van der Waals surface area contributed by atoms with Gasteiger partial charge in [-0.1, -0.05) is 36.6 Å². The van der Waals surface area contributed by atoms with Crippen LogP contribution in [0.25, 0.3) is 5.78 Å². The smallest absolute Gasteiger partial charge is 0.341 e. The number of aliphatic hydroxyl groups excluding tert-OH is 1. The van der Waals surface area contributed by atoms with E-state index in [0.29, 0.717) is 17.9 Å². The first-order chi connectivity index (χ1) is 20.0. The molecule has 0 spiro atoms. The standard InChI is InChI=1S/C31H34ClN5O5/c1-4-41-27(39)20-16-34-29-35-26(36-37(29)17-20)14-22-25(38)15-31(42-28(22)40,21-7-5-6-8-21)12-11-19-9-10-23(24(32)13-19)30(2,3)18-33/h9-10,13,16-17,21,38H,4-8,11-12,14-15H2,1-3H3. The van der Waals surface area contributed by atoms with E-state index in [9.17, 15) is 20.0 Å². The van der Waals surface area contributed by atoms with Crippen LogP contribution in [-0.2, 0) is 32.5 Å². The average Bonchev–Trinajstić information content (AvgIpc) is 3.64. The number of aromatic nitrogens is 4. The van der Waals surface area contributed by atoms with Crippen LogP contribution in [-0.4, -0.2) is 48.8 Å². The molecule has 220 valence electrons. The van der Waals surface area contributed by atoms with Crippen LogP contribution in [0, 0.1) is 17.2 Å². The molecule has 1 saturated carbocycles. The van der Waals surface area contributed by atoms with Gasteiger partial charge in [0.1, 0.15) is 11.4 Å². The van der Waals surface area contributed by atoms with Crippen LogP contribution < -0.4 is 0 Å². The number of halogens is 1. The lowest BCUT2D eigenvalue weighted by atomic mass is 9.76. The summed E-state index contributed by atoms with van der Waals surface area (Å²) in [7, 11) is 0. The van der Waals surface area contributed by atoms with Gasteiger partial charge < -0.3 is 14.6 Å². The largest absolute Gasteiger partial charge is 0.512 e. The maximum atomic E-state index is 13.4. The Morgan fingerprint density at radius 3 is 2.76 bits per heavy atom. The number of carbonyl (C=O) groups is 2. The Hall–Kier alpha value is -3.97. The number of nitriles is 1. The van der Waals surface area contributed by atoms with Gasteiger partial charge in [-0.05, 0) is 69.6 Å². The summed E-state index contributed by atoms with van der Waals surface area (Å²) in [6.07, 6.45) is 8.10. The van der Waals surface area contributed by atoms with Crippen molar-refractivity contribution in [3.05, 3.63) is 69.5 Å². The number of hydrogen-bond acceptors (Lipinski definition) is 9. The van der Waals surface area contributed by atoms with E-state index in [1.54, 1.807) is 6.92 Å². The van der Waals surface area contributed by atoms with Crippen molar-refractivity contribution in [2.75, 3.05) is 6.61 Å². The van der Waals surface area contributed by atoms with E-state index < -0.39 is 23.0 Å². The zero-order chi connectivity index (χ0) is 30.1. The van der Waals surface area contributed by atoms with Crippen molar-refractivity contribution in [2.24, 2.45) is 5.92 Å². The Morgan fingerprint density at radius 2 is 2.10 bits per heavy atom. The number of benzene rings is 1. The minimum atomic E-state index is -0.833. The third kappa shape index (κ3) is 5.84. The predicted octanol–water partition coefficient (Wildman–Crippen LogP) is 5.62. The number of aliphatic hydroxyl groups is 1. The van der Waals surface area contributed by atoms with E-state index in [2.05, 4.69) is 21.1 Å². The highest BCUT2D eigenvalue weighted by Gasteiger charge is 2.48. The Kier molecular flexibility index (Phi) is 8.24. The second-order valence-electron chi connectivity index (χ2n) is 11.6. The number of carbonyl (C=O) groups excluding carboxylic acids is 2. The molecular weight excluding hydrogens is 558 g/mol. The van der Waals surface area contributed by atoms with Gasteiger partial charge in [0, 0.05) is 30.3 Å². The van der Waals surface area contributed by atoms with Crippen molar-refractivity contribution < 1.29 is 24.2 Å². The molecule has 1 fully saturated rings. The van der Waals surface area contributed by atoms with Crippen molar-refractivity contribution in [2.45, 2.75) is 83.2 Å². The normalized spacial score (nSPS) is 19.6.